The minimum Gasteiger partial charge on any atom is -0.382 e. The number of amides is 1. The molecule has 0 radical (unpaired) electrons. The zero-order valence-electron chi connectivity index (χ0n) is 15.9. The highest BCUT2D eigenvalue weighted by molar-refractivity contribution is 6.31. The van der Waals surface area contributed by atoms with E-state index < -0.39 is 0 Å². The van der Waals surface area contributed by atoms with Gasteiger partial charge in [-0.2, -0.15) is 0 Å². The number of carbonyl (C=O) groups excluding carboxylic acids is 1. The first kappa shape index (κ1) is 18.8. The maximum Gasteiger partial charge on any atom is 0.251 e. The van der Waals surface area contributed by atoms with Gasteiger partial charge in [0.15, 0.2) is 0 Å². The topological polar surface area (TPSA) is 54.0 Å². The number of fused-ring (bicyclic) bond motifs is 1. The summed E-state index contributed by atoms with van der Waals surface area (Å²) in [4.78, 5) is 16.8. The normalized spacial score (nSPS) is 19.4. The van der Waals surface area contributed by atoms with Gasteiger partial charge in [0.25, 0.3) is 5.91 Å². The Bertz CT molecular complexity index is 979. The number of aryl methyl sites for hydroxylation is 1. The summed E-state index contributed by atoms with van der Waals surface area (Å²) in [6.45, 7) is 2.02. The van der Waals surface area contributed by atoms with Crippen LogP contribution in [0.2, 0.25) is 5.02 Å². The lowest BCUT2D eigenvalue weighted by atomic mass is 9.90. The number of nitrogens with one attached hydrogen (secondary N) is 2. The molecule has 1 aromatic heterocycles. The summed E-state index contributed by atoms with van der Waals surface area (Å²) in [5.74, 6) is 0.0217. The van der Waals surface area contributed by atoms with Crippen molar-refractivity contribution >= 4 is 34.1 Å². The lowest BCUT2D eigenvalue weighted by molar-refractivity contribution is 0.0926. The van der Waals surface area contributed by atoms with E-state index in [9.17, 15) is 4.79 Å². The molecule has 0 spiro atoms. The minimum absolute atomic E-state index is 0.0217. The maximum absolute atomic E-state index is 12.4. The summed E-state index contributed by atoms with van der Waals surface area (Å²) < 4.78 is 0. The van der Waals surface area contributed by atoms with Crippen LogP contribution in [0.5, 0.6) is 0 Å². The van der Waals surface area contributed by atoms with E-state index in [1.54, 1.807) is 0 Å². The lowest BCUT2D eigenvalue weighted by Gasteiger charge is -2.30. The summed E-state index contributed by atoms with van der Waals surface area (Å²) in [6, 6.07) is 16.2. The average molecular weight is 394 g/mol. The quantitative estimate of drug-likeness (QED) is 0.628. The fraction of sp³-hybridized carbons (Fsp3) is 0.304. The third-order valence-corrected chi connectivity index (χ3v) is 5.68. The molecule has 4 rings (SSSR count). The molecule has 2 aromatic carbocycles. The smallest absolute Gasteiger partial charge is 0.251 e. The number of anilines is 1. The molecule has 1 amide bonds. The number of halogens is 1. The summed E-state index contributed by atoms with van der Waals surface area (Å²) in [5, 5.41) is 8.62. The van der Waals surface area contributed by atoms with Gasteiger partial charge in [-0.25, -0.2) is 0 Å². The summed E-state index contributed by atoms with van der Waals surface area (Å²) in [5.41, 5.74) is 3.88. The molecule has 1 fully saturated rings. The number of pyridine rings is 1. The van der Waals surface area contributed by atoms with Gasteiger partial charge in [0.05, 0.1) is 5.52 Å². The molecule has 1 saturated carbocycles. The fourth-order valence-corrected chi connectivity index (χ4v) is 3.99. The number of hydrogen-bond acceptors (Lipinski definition) is 3. The highest BCUT2D eigenvalue weighted by atomic mass is 35.5. The number of hydrogen-bond donors (Lipinski definition) is 2. The van der Waals surface area contributed by atoms with Gasteiger partial charge in [0.2, 0.25) is 0 Å². The van der Waals surface area contributed by atoms with Gasteiger partial charge in [0, 0.05) is 39.9 Å². The Labute approximate surface area is 170 Å². The Morgan fingerprint density at radius 1 is 1.00 bits per heavy atom. The molecule has 144 valence electrons. The van der Waals surface area contributed by atoms with Crippen molar-refractivity contribution in [3.8, 4) is 0 Å². The van der Waals surface area contributed by atoms with Crippen LogP contribution >= 0.6 is 11.6 Å². The molecule has 0 aliphatic heterocycles. The molecule has 5 heteroatoms. The zero-order chi connectivity index (χ0) is 19.5. The average Bonchev–Trinajstić information content (AvgIpc) is 2.70. The molecule has 3 aromatic rings. The SMILES string of the molecule is Cc1ccc(C(=O)NC2CCC(Nc3ccnc4cc(Cl)ccc34)CC2)cc1. The number of nitrogens with zero attached hydrogens (tertiary/aromatic N) is 1. The Balaban J connectivity index is 1.34. The largest absolute Gasteiger partial charge is 0.382 e. The van der Waals surface area contributed by atoms with Crippen molar-refractivity contribution in [1.29, 1.82) is 0 Å². The Hall–Kier alpha value is -2.59. The van der Waals surface area contributed by atoms with E-state index in [4.69, 9.17) is 11.6 Å². The highest BCUT2D eigenvalue weighted by Crippen LogP contribution is 2.28. The molecule has 1 aliphatic carbocycles. The standard InChI is InChI=1S/C23H24ClN3O/c1-15-2-4-16(5-3-15)23(28)27-19-9-7-18(8-10-19)26-21-12-13-25-22-14-17(24)6-11-20(21)22/h2-6,11-14,18-19H,7-10H2,1H3,(H,25,26)(H,27,28). The highest BCUT2D eigenvalue weighted by Gasteiger charge is 2.23. The zero-order valence-corrected chi connectivity index (χ0v) is 16.7. The van der Waals surface area contributed by atoms with Crippen molar-refractivity contribution in [3.05, 3.63) is 70.9 Å². The predicted octanol–water partition coefficient (Wildman–Crippen LogP) is 5.35. The van der Waals surface area contributed by atoms with Crippen LogP contribution in [0, 0.1) is 6.92 Å². The molecule has 4 nitrogen and oxygen atoms in total. The van der Waals surface area contributed by atoms with Crippen molar-refractivity contribution in [1.82, 2.24) is 10.3 Å². The molecule has 1 aliphatic rings. The van der Waals surface area contributed by atoms with E-state index >= 15 is 0 Å². The minimum atomic E-state index is 0.0217. The van der Waals surface area contributed by atoms with Crippen molar-refractivity contribution in [2.45, 2.75) is 44.7 Å². The molecule has 28 heavy (non-hydrogen) atoms. The first-order valence-electron chi connectivity index (χ1n) is 9.77. The molecule has 0 atom stereocenters. The van der Waals surface area contributed by atoms with Crippen molar-refractivity contribution in [2.24, 2.45) is 0 Å². The Morgan fingerprint density at radius 2 is 1.71 bits per heavy atom. The second-order valence-electron chi connectivity index (χ2n) is 7.55. The second-order valence-corrected chi connectivity index (χ2v) is 7.99. The van der Waals surface area contributed by atoms with E-state index in [0.29, 0.717) is 11.1 Å². The van der Waals surface area contributed by atoms with Crippen LogP contribution in [0.15, 0.2) is 54.7 Å². The van der Waals surface area contributed by atoms with E-state index in [-0.39, 0.29) is 11.9 Å². The maximum atomic E-state index is 12.4. The van der Waals surface area contributed by atoms with Crippen LogP contribution in [-0.4, -0.2) is 23.0 Å². The lowest BCUT2D eigenvalue weighted by Crippen LogP contribution is -2.40. The molecule has 1 heterocycles. The Kier molecular flexibility index (Phi) is 5.49. The molecular weight excluding hydrogens is 370 g/mol. The predicted molar refractivity (Wildman–Crippen MR) is 115 cm³/mol. The summed E-state index contributed by atoms with van der Waals surface area (Å²) in [7, 11) is 0. The third kappa shape index (κ3) is 4.28. The van der Waals surface area contributed by atoms with Crippen LogP contribution < -0.4 is 10.6 Å². The van der Waals surface area contributed by atoms with Crippen LogP contribution in [0.25, 0.3) is 10.9 Å². The summed E-state index contributed by atoms with van der Waals surface area (Å²) in [6.07, 6.45) is 5.81. The first-order valence-corrected chi connectivity index (χ1v) is 10.1. The van der Waals surface area contributed by atoms with Crippen LogP contribution in [0.3, 0.4) is 0 Å². The van der Waals surface area contributed by atoms with Crippen LogP contribution in [0.1, 0.15) is 41.6 Å². The molecule has 0 bridgehead atoms. The van der Waals surface area contributed by atoms with E-state index in [1.165, 1.54) is 0 Å². The van der Waals surface area contributed by atoms with E-state index in [2.05, 4.69) is 15.6 Å². The van der Waals surface area contributed by atoms with Gasteiger partial charge in [-0.05, 0) is 69.0 Å². The van der Waals surface area contributed by atoms with Gasteiger partial charge in [-0.3, -0.25) is 9.78 Å². The number of carbonyl (C=O) groups is 1. The van der Waals surface area contributed by atoms with Gasteiger partial charge in [0.1, 0.15) is 0 Å². The van der Waals surface area contributed by atoms with Gasteiger partial charge in [-0.1, -0.05) is 29.3 Å². The summed E-state index contributed by atoms with van der Waals surface area (Å²) >= 11 is 6.08. The number of aromatic nitrogens is 1. The second kappa shape index (κ2) is 8.19. The van der Waals surface area contributed by atoms with Crippen molar-refractivity contribution in [3.63, 3.8) is 0 Å². The number of rotatable bonds is 4. The first-order chi connectivity index (χ1) is 13.6. The van der Waals surface area contributed by atoms with Gasteiger partial charge >= 0.3 is 0 Å². The van der Waals surface area contributed by atoms with Gasteiger partial charge < -0.3 is 10.6 Å². The van der Waals surface area contributed by atoms with Crippen molar-refractivity contribution < 1.29 is 4.79 Å². The van der Waals surface area contributed by atoms with E-state index in [1.807, 2.05) is 61.7 Å². The van der Waals surface area contributed by atoms with Gasteiger partial charge in [-0.15, -0.1) is 0 Å². The Morgan fingerprint density at radius 3 is 2.46 bits per heavy atom. The molecule has 0 saturated heterocycles. The van der Waals surface area contributed by atoms with E-state index in [0.717, 1.165) is 53.4 Å². The third-order valence-electron chi connectivity index (χ3n) is 5.44. The molecular formula is C23H24ClN3O. The molecule has 0 unspecified atom stereocenters. The monoisotopic (exact) mass is 393 g/mol. The van der Waals surface area contributed by atoms with Crippen LogP contribution in [-0.2, 0) is 0 Å². The van der Waals surface area contributed by atoms with Crippen molar-refractivity contribution in [2.75, 3.05) is 5.32 Å². The molecule has 2 N–H and O–H groups in total. The number of benzene rings is 2. The fourth-order valence-electron chi connectivity index (χ4n) is 3.82. The van der Waals surface area contributed by atoms with Crippen LogP contribution in [0.4, 0.5) is 5.69 Å².